The van der Waals surface area contributed by atoms with E-state index in [2.05, 4.69) is 26.0 Å². The second-order valence-corrected chi connectivity index (χ2v) is 3.79. The topological polar surface area (TPSA) is 119 Å². The fourth-order valence-corrected chi connectivity index (χ4v) is 1.84. The van der Waals surface area contributed by atoms with E-state index in [0.29, 0.717) is 0 Å². The fraction of sp³-hybridized carbons (Fsp3) is 1.00. The minimum absolute atomic E-state index is 0.409. The number of alkyl halides is 1. The first kappa shape index (κ1) is 11.7. The average Bonchev–Trinajstić information content (AvgIpc) is 2.18. The molecule has 0 bridgehead atoms. The van der Waals surface area contributed by atoms with Crippen molar-refractivity contribution in [3.05, 3.63) is 10.4 Å². The summed E-state index contributed by atoms with van der Waals surface area (Å²) < 4.78 is 5.02. The predicted octanol–water partition coefficient (Wildman–Crippen LogP) is -0.501. The van der Waals surface area contributed by atoms with Gasteiger partial charge in [0.25, 0.3) is 0 Å². The molecule has 0 aromatic rings. The van der Waals surface area contributed by atoms with Gasteiger partial charge in [-0.15, -0.1) is 0 Å². The van der Waals surface area contributed by atoms with Crippen LogP contribution in [-0.4, -0.2) is 51.3 Å². The van der Waals surface area contributed by atoms with Crippen molar-refractivity contribution in [2.24, 2.45) is 5.11 Å². The number of aliphatic hydroxyl groups excluding tert-OH is 3. The number of aliphatic hydroxyl groups is 3. The van der Waals surface area contributed by atoms with Crippen molar-refractivity contribution >= 4 is 15.9 Å². The summed E-state index contributed by atoms with van der Waals surface area (Å²) in [6, 6.07) is -1.02. The molecule has 0 spiro atoms. The Morgan fingerprint density at radius 3 is 2.57 bits per heavy atom. The van der Waals surface area contributed by atoms with Gasteiger partial charge < -0.3 is 20.1 Å². The summed E-state index contributed by atoms with van der Waals surface area (Å²) in [5.41, 5.74) is 8.22. The van der Waals surface area contributed by atoms with Crippen LogP contribution in [0.15, 0.2) is 5.11 Å². The van der Waals surface area contributed by atoms with Gasteiger partial charge in [-0.2, -0.15) is 0 Å². The van der Waals surface area contributed by atoms with E-state index in [4.69, 9.17) is 15.4 Å². The van der Waals surface area contributed by atoms with E-state index in [9.17, 15) is 10.2 Å². The Balaban J connectivity index is 2.82. The highest BCUT2D eigenvalue weighted by Gasteiger charge is 2.42. The van der Waals surface area contributed by atoms with Crippen LogP contribution in [0.1, 0.15) is 0 Å². The van der Waals surface area contributed by atoms with E-state index in [0.717, 1.165) is 0 Å². The van der Waals surface area contributed by atoms with Gasteiger partial charge in [0.2, 0.25) is 0 Å². The Bertz CT molecular complexity index is 247. The largest absolute Gasteiger partial charge is 0.394 e. The molecule has 1 fully saturated rings. The lowest BCUT2D eigenvalue weighted by Gasteiger charge is -2.38. The van der Waals surface area contributed by atoms with E-state index in [1.807, 2.05) is 0 Å². The molecule has 80 valence electrons. The third kappa shape index (κ3) is 2.17. The molecule has 0 amide bonds. The normalized spacial score (nSPS) is 43.0. The zero-order chi connectivity index (χ0) is 10.7. The van der Waals surface area contributed by atoms with E-state index in [1.54, 1.807) is 0 Å². The standard InChI is InChI=1S/C6H10BrN3O4/c7-6-5(13)3(9-10-8)4(12)2(1-11)14-6/h2-6,11-13H,1H2/t2-,3?,4?,5?,6?/m1/s1. The molecule has 8 heteroatoms. The third-order valence-corrected chi connectivity index (χ3v) is 2.78. The van der Waals surface area contributed by atoms with E-state index < -0.39 is 36.0 Å². The molecule has 1 heterocycles. The number of hydrogen-bond acceptors (Lipinski definition) is 5. The smallest absolute Gasteiger partial charge is 0.139 e. The lowest BCUT2D eigenvalue weighted by molar-refractivity contribution is -0.157. The Kier molecular flexibility index (Phi) is 4.11. The van der Waals surface area contributed by atoms with Crippen molar-refractivity contribution in [1.29, 1.82) is 0 Å². The van der Waals surface area contributed by atoms with Crippen LogP contribution in [0, 0.1) is 0 Å². The van der Waals surface area contributed by atoms with Crippen LogP contribution in [0.2, 0.25) is 0 Å². The van der Waals surface area contributed by atoms with Crippen LogP contribution in [-0.2, 0) is 4.74 Å². The van der Waals surface area contributed by atoms with Crippen LogP contribution in [0.3, 0.4) is 0 Å². The Hall–Kier alpha value is -0.370. The van der Waals surface area contributed by atoms with Crippen molar-refractivity contribution < 1.29 is 20.1 Å². The summed E-state index contributed by atoms with van der Waals surface area (Å²) in [5.74, 6) is 0. The first-order valence-corrected chi connectivity index (χ1v) is 4.84. The summed E-state index contributed by atoms with van der Waals surface area (Å²) in [6.45, 7) is -0.409. The van der Waals surface area contributed by atoms with Crippen molar-refractivity contribution in [2.45, 2.75) is 29.4 Å². The van der Waals surface area contributed by atoms with Gasteiger partial charge in [-0.3, -0.25) is 0 Å². The van der Waals surface area contributed by atoms with Crippen molar-refractivity contribution in [2.75, 3.05) is 6.61 Å². The Morgan fingerprint density at radius 1 is 1.43 bits per heavy atom. The molecule has 1 aliphatic rings. The number of rotatable bonds is 2. The van der Waals surface area contributed by atoms with Crippen LogP contribution in [0.5, 0.6) is 0 Å². The van der Waals surface area contributed by atoms with Gasteiger partial charge in [0.05, 0.1) is 18.8 Å². The van der Waals surface area contributed by atoms with E-state index in [1.165, 1.54) is 0 Å². The molecule has 14 heavy (non-hydrogen) atoms. The average molecular weight is 268 g/mol. The van der Waals surface area contributed by atoms with Crippen molar-refractivity contribution in [1.82, 2.24) is 0 Å². The lowest BCUT2D eigenvalue weighted by atomic mass is 9.98. The second-order valence-electron chi connectivity index (χ2n) is 2.88. The molecule has 0 aromatic heterocycles. The molecule has 7 nitrogen and oxygen atoms in total. The molecule has 4 unspecified atom stereocenters. The maximum absolute atomic E-state index is 9.52. The molecule has 1 saturated heterocycles. The van der Waals surface area contributed by atoms with Crippen LogP contribution in [0.4, 0.5) is 0 Å². The van der Waals surface area contributed by atoms with Crippen LogP contribution >= 0.6 is 15.9 Å². The summed E-state index contributed by atoms with van der Waals surface area (Å²) in [4.78, 5) is 2.51. The first-order chi connectivity index (χ1) is 6.61. The fourth-order valence-electron chi connectivity index (χ4n) is 1.25. The minimum Gasteiger partial charge on any atom is -0.394 e. The quantitative estimate of drug-likeness (QED) is 0.270. The molecule has 1 aliphatic heterocycles. The summed E-state index contributed by atoms with van der Waals surface area (Å²) in [6.07, 6.45) is -3.21. The maximum Gasteiger partial charge on any atom is 0.139 e. The van der Waals surface area contributed by atoms with Gasteiger partial charge in [-0.25, -0.2) is 0 Å². The number of hydrogen-bond donors (Lipinski definition) is 3. The number of halogens is 1. The highest BCUT2D eigenvalue weighted by Crippen LogP contribution is 2.26. The molecular formula is C6H10BrN3O4. The van der Waals surface area contributed by atoms with E-state index >= 15 is 0 Å². The zero-order valence-electron chi connectivity index (χ0n) is 7.06. The maximum atomic E-state index is 9.52. The molecular weight excluding hydrogens is 258 g/mol. The molecule has 0 aromatic carbocycles. The summed E-state index contributed by atoms with van der Waals surface area (Å²) in [7, 11) is 0. The van der Waals surface area contributed by atoms with Gasteiger partial charge in [-0.05, 0) is 5.53 Å². The molecule has 0 radical (unpaired) electrons. The lowest BCUT2D eigenvalue weighted by Crippen LogP contribution is -2.55. The van der Waals surface area contributed by atoms with Crippen molar-refractivity contribution in [3.8, 4) is 0 Å². The summed E-state index contributed by atoms with van der Waals surface area (Å²) in [5, 5.41) is 30.3. The van der Waals surface area contributed by atoms with Crippen LogP contribution < -0.4 is 0 Å². The van der Waals surface area contributed by atoms with E-state index in [-0.39, 0.29) is 0 Å². The molecule has 1 rings (SSSR count). The molecule has 5 atom stereocenters. The molecule has 0 aliphatic carbocycles. The number of nitrogens with zero attached hydrogens (tertiary/aromatic N) is 3. The highest BCUT2D eigenvalue weighted by atomic mass is 79.9. The highest BCUT2D eigenvalue weighted by molar-refractivity contribution is 9.09. The zero-order valence-corrected chi connectivity index (χ0v) is 8.65. The number of azide groups is 1. The monoisotopic (exact) mass is 267 g/mol. The Labute approximate surface area is 88.1 Å². The van der Waals surface area contributed by atoms with Gasteiger partial charge in [0.15, 0.2) is 0 Å². The van der Waals surface area contributed by atoms with Crippen LogP contribution in [0.25, 0.3) is 10.4 Å². The molecule has 0 saturated carbocycles. The van der Waals surface area contributed by atoms with Gasteiger partial charge in [-0.1, -0.05) is 21.0 Å². The van der Waals surface area contributed by atoms with Gasteiger partial charge >= 0.3 is 0 Å². The first-order valence-electron chi connectivity index (χ1n) is 3.92. The van der Waals surface area contributed by atoms with Gasteiger partial charge in [0, 0.05) is 4.91 Å². The van der Waals surface area contributed by atoms with Gasteiger partial charge in [0.1, 0.15) is 17.2 Å². The molecule has 3 N–H and O–H groups in total. The Morgan fingerprint density at radius 2 is 2.07 bits per heavy atom. The number of ether oxygens (including phenoxy) is 1. The summed E-state index contributed by atoms with van der Waals surface area (Å²) >= 11 is 3.00. The second kappa shape index (κ2) is 4.92. The minimum atomic E-state index is -1.21. The SMILES string of the molecule is [N-]=[N+]=NC1C(O)C(Br)O[C@H](CO)C1O. The third-order valence-electron chi connectivity index (χ3n) is 2.02. The predicted molar refractivity (Wildman–Crippen MR) is 49.6 cm³/mol. The van der Waals surface area contributed by atoms with Crippen molar-refractivity contribution in [3.63, 3.8) is 0 Å².